The minimum Gasteiger partial charge on any atom is -0.480 e. The molecular weight excluding hydrogens is 530 g/mol. The fourth-order valence-electron chi connectivity index (χ4n) is 6.85. The molecule has 2 aliphatic heterocycles. The molecule has 4 aromatic rings. The minimum absolute atomic E-state index is 0.152. The number of nitrogens with zero attached hydrogens (tertiary/aromatic N) is 5. The van der Waals surface area contributed by atoms with Gasteiger partial charge in [-0.05, 0) is 55.7 Å². The van der Waals surface area contributed by atoms with Gasteiger partial charge in [0.05, 0.1) is 42.4 Å². The number of fused-ring (bicyclic) bond motifs is 2. The van der Waals surface area contributed by atoms with Gasteiger partial charge in [0, 0.05) is 56.7 Å². The zero-order valence-electron chi connectivity index (χ0n) is 24.3. The van der Waals surface area contributed by atoms with Gasteiger partial charge in [-0.2, -0.15) is 5.10 Å². The van der Waals surface area contributed by atoms with Crippen LogP contribution in [-0.2, 0) is 28.8 Å². The number of hydrogen-bond donors (Lipinski definition) is 2. The lowest BCUT2D eigenvalue weighted by molar-refractivity contribution is -0.136. The highest BCUT2D eigenvalue weighted by atomic mass is 16.5. The Morgan fingerprint density at radius 3 is 2.98 bits per heavy atom. The number of carbonyl (C=O) groups excluding carboxylic acids is 1. The monoisotopic (exact) mass is 569 g/mol. The Morgan fingerprint density at radius 2 is 2.10 bits per heavy atom. The van der Waals surface area contributed by atoms with Crippen LogP contribution in [-0.4, -0.2) is 87.4 Å². The van der Waals surface area contributed by atoms with E-state index < -0.39 is 0 Å². The van der Waals surface area contributed by atoms with Crippen LogP contribution in [0.25, 0.3) is 22.2 Å². The summed E-state index contributed by atoms with van der Waals surface area (Å²) in [4.78, 5) is 31.4. The van der Waals surface area contributed by atoms with Gasteiger partial charge in [0.2, 0.25) is 11.8 Å². The fourth-order valence-corrected chi connectivity index (χ4v) is 6.85. The number of piperazine rings is 1. The normalized spacial score (nSPS) is 21.1. The second kappa shape index (κ2) is 11.9. The highest BCUT2D eigenvalue weighted by molar-refractivity contribution is 5.85. The van der Waals surface area contributed by atoms with E-state index in [0.717, 1.165) is 85.8 Å². The first-order valence-electron chi connectivity index (χ1n) is 15.3. The van der Waals surface area contributed by atoms with Crippen LogP contribution in [0.2, 0.25) is 0 Å². The number of pyridine rings is 1. The number of hydrogen-bond acceptors (Lipinski definition) is 7. The Balaban J connectivity index is 1.14. The Hall–Kier alpha value is -3.76. The number of aromatic nitrogens is 5. The van der Waals surface area contributed by atoms with Crippen LogP contribution in [0.4, 0.5) is 0 Å². The second-order valence-electron chi connectivity index (χ2n) is 11.8. The number of imidazole rings is 1. The number of para-hydroxylation sites is 1. The molecule has 2 saturated heterocycles. The van der Waals surface area contributed by atoms with Gasteiger partial charge in [-0.1, -0.05) is 18.2 Å². The summed E-state index contributed by atoms with van der Waals surface area (Å²) in [6.07, 6.45) is 8.57. The Morgan fingerprint density at radius 1 is 1.19 bits per heavy atom. The van der Waals surface area contributed by atoms with Crippen molar-refractivity contribution in [1.29, 1.82) is 0 Å². The van der Waals surface area contributed by atoms with Crippen LogP contribution >= 0.6 is 0 Å². The molecule has 0 saturated carbocycles. The first-order chi connectivity index (χ1) is 20.7. The van der Waals surface area contributed by atoms with Crippen molar-refractivity contribution in [3.05, 3.63) is 59.3 Å². The number of rotatable bonds is 8. The Kier molecular flexibility index (Phi) is 7.65. The lowest BCUT2D eigenvalue weighted by Gasteiger charge is -2.41. The molecule has 0 bridgehead atoms. The maximum Gasteiger partial charge on any atom is 0.223 e. The third kappa shape index (κ3) is 5.41. The minimum atomic E-state index is -0.171. The summed E-state index contributed by atoms with van der Waals surface area (Å²) < 4.78 is 11.3. The lowest BCUT2D eigenvalue weighted by atomic mass is 9.94. The second-order valence-corrected chi connectivity index (χ2v) is 11.8. The van der Waals surface area contributed by atoms with Crippen molar-refractivity contribution in [2.24, 2.45) is 5.92 Å². The maximum absolute atomic E-state index is 13.8. The number of H-pyrrole nitrogens is 2. The summed E-state index contributed by atoms with van der Waals surface area (Å²) in [7, 11) is 1.64. The topological polar surface area (TPSA) is 112 Å². The average Bonchev–Trinajstić information content (AvgIpc) is 3.81. The van der Waals surface area contributed by atoms with Gasteiger partial charge >= 0.3 is 0 Å². The molecule has 42 heavy (non-hydrogen) atoms. The molecule has 0 radical (unpaired) electrons. The van der Waals surface area contributed by atoms with Gasteiger partial charge in [-0.25, -0.2) is 9.97 Å². The SMILES string of the molecule is COc1nc2ccccc2cc1-c1cnc(C2CN(CC3CCOC3)CCN2C(=O)CCc2n[nH]c3c2CCCC3)[nH]1. The average molecular weight is 570 g/mol. The van der Waals surface area contributed by atoms with Gasteiger partial charge in [-0.15, -0.1) is 0 Å². The van der Waals surface area contributed by atoms with Gasteiger partial charge in [0.1, 0.15) is 11.9 Å². The predicted molar refractivity (Wildman–Crippen MR) is 159 cm³/mol. The summed E-state index contributed by atoms with van der Waals surface area (Å²) in [5.74, 6) is 2.03. The molecule has 10 heteroatoms. The van der Waals surface area contributed by atoms with Crippen molar-refractivity contribution in [3.8, 4) is 17.1 Å². The molecule has 1 aliphatic carbocycles. The fraction of sp³-hybridized carbons (Fsp3) is 0.500. The third-order valence-electron chi connectivity index (χ3n) is 9.13. The molecular formula is C32H39N7O3. The molecule has 220 valence electrons. The van der Waals surface area contributed by atoms with E-state index in [1.165, 1.54) is 24.1 Å². The van der Waals surface area contributed by atoms with Crippen LogP contribution in [0.5, 0.6) is 5.88 Å². The van der Waals surface area contributed by atoms with Crippen LogP contribution < -0.4 is 4.74 Å². The standard InChI is InChI=1S/C32H39N7O3/c1-41-32-24(16-22-6-2-4-8-25(22)35-32)28-17-33-31(34-28)29-19-38(18-21-12-15-42-20-21)13-14-39(29)30(40)11-10-27-23-7-3-5-9-26(23)36-37-27/h2,4,6,8,16-17,21,29H,3,5,7,9-15,18-20H2,1H3,(H,33,34)(H,36,37). The largest absolute Gasteiger partial charge is 0.480 e. The molecule has 2 atom stereocenters. The van der Waals surface area contributed by atoms with E-state index in [-0.39, 0.29) is 11.9 Å². The molecule has 1 aromatic carbocycles. The highest BCUT2D eigenvalue weighted by Crippen LogP contribution is 2.33. The van der Waals surface area contributed by atoms with Crippen molar-refractivity contribution >= 4 is 16.8 Å². The van der Waals surface area contributed by atoms with E-state index >= 15 is 0 Å². The Labute approximate surface area is 245 Å². The first-order valence-corrected chi connectivity index (χ1v) is 15.3. The zero-order valence-corrected chi connectivity index (χ0v) is 24.3. The molecule has 2 N–H and O–H groups in total. The van der Waals surface area contributed by atoms with E-state index in [2.05, 4.69) is 26.1 Å². The summed E-state index contributed by atoms with van der Waals surface area (Å²) in [5.41, 5.74) is 6.22. The maximum atomic E-state index is 13.8. The number of nitrogens with one attached hydrogen (secondary N) is 2. The lowest BCUT2D eigenvalue weighted by Crippen LogP contribution is -2.52. The number of aryl methyl sites for hydroxylation is 2. The van der Waals surface area contributed by atoms with E-state index in [4.69, 9.17) is 19.4 Å². The molecule has 5 heterocycles. The predicted octanol–water partition coefficient (Wildman–Crippen LogP) is 4.09. The van der Waals surface area contributed by atoms with Crippen molar-refractivity contribution in [2.45, 2.75) is 51.0 Å². The molecule has 3 aliphatic rings. The number of benzene rings is 1. The van der Waals surface area contributed by atoms with Crippen LogP contribution in [0.15, 0.2) is 36.5 Å². The van der Waals surface area contributed by atoms with E-state index in [1.807, 2.05) is 35.4 Å². The van der Waals surface area contributed by atoms with Gasteiger partial charge in [0.15, 0.2) is 0 Å². The van der Waals surface area contributed by atoms with Crippen molar-refractivity contribution in [2.75, 3.05) is 46.5 Å². The smallest absolute Gasteiger partial charge is 0.223 e. The van der Waals surface area contributed by atoms with E-state index in [1.54, 1.807) is 7.11 Å². The van der Waals surface area contributed by atoms with Crippen molar-refractivity contribution in [1.82, 2.24) is 34.9 Å². The van der Waals surface area contributed by atoms with Crippen molar-refractivity contribution < 1.29 is 14.3 Å². The van der Waals surface area contributed by atoms with E-state index in [0.29, 0.717) is 31.2 Å². The molecule has 2 fully saturated rings. The van der Waals surface area contributed by atoms with Crippen molar-refractivity contribution in [3.63, 3.8) is 0 Å². The molecule has 7 rings (SSSR count). The van der Waals surface area contributed by atoms with E-state index in [9.17, 15) is 4.79 Å². The first kappa shape index (κ1) is 27.1. The summed E-state index contributed by atoms with van der Waals surface area (Å²) in [6, 6.07) is 9.92. The quantitative estimate of drug-likeness (QED) is 0.329. The van der Waals surface area contributed by atoms with Gasteiger partial charge < -0.3 is 19.4 Å². The Bertz CT molecular complexity index is 1560. The molecule has 1 amide bonds. The number of aromatic amines is 2. The highest BCUT2D eigenvalue weighted by Gasteiger charge is 2.35. The third-order valence-corrected chi connectivity index (χ3v) is 9.13. The molecule has 2 unspecified atom stereocenters. The van der Waals surface area contributed by atoms with Gasteiger partial charge in [0.25, 0.3) is 0 Å². The summed E-state index contributed by atoms with van der Waals surface area (Å²) in [5, 5.41) is 8.84. The number of ether oxygens (including phenoxy) is 2. The molecule has 3 aromatic heterocycles. The summed E-state index contributed by atoms with van der Waals surface area (Å²) in [6.45, 7) is 4.90. The van der Waals surface area contributed by atoms with Crippen LogP contribution in [0.3, 0.4) is 0 Å². The van der Waals surface area contributed by atoms with Crippen LogP contribution in [0.1, 0.15) is 54.5 Å². The van der Waals surface area contributed by atoms with Gasteiger partial charge in [-0.3, -0.25) is 14.8 Å². The molecule has 10 nitrogen and oxygen atoms in total. The molecule has 0 spiro atoms. The van der Waals surface area contributed by atoms with Crippen LogP contribution in [0, 0.1) is 5.92 Å². The number of amides is 1. The number of carbonyl (C=O) groups is 1. The zero-order chi connectivity index (χ0) is 28.5. The summed E-state index contributed by atoms with van der Waals surface area (Å²) >= 11 is 0. The number of methoxy groups -OCH3 is 1.